The van der Waals surface area contributed by atoms with Gasteiger partial charge in [0, 0.05) is 11.6 Å². The van der Waals surface area contributed by atoms with E-state index in [1.807, 2.05) is 24.3 Å². The van der Waals surface area contributed by atoms with Crippen molar-refractivity contribution in [1.82, 2.24) is 20.4 Å². The minimum atomic E-state index is 0. The lowest BCUT2D eigenvalue weighted by Gasteiger charge is -2.19. The van der Waals surface area contributed by atoms with Crippen molar-refractivity contribution >= 4 is 23.2 Å². The molecule has 0 spiro atoms. The fraction of sp³-hybridized carbons (Fsp3) is 0.312. The summed E-state index contributed by atoms with van der Waals surface area (Å²) in [4.78, 5) is 8.98. The molecule has 1 aliphatic heterocycles. The SMILES string of the molecule is Cl.c1ccc2c(-c3noc([C@@H]4CCCCN4)n3)nccc2c1. The molecule has 3 aromatic rings. The summed E-state index contributed by atoms with van der Waals surface area (Å²) in [5.41, 5.74) is 0.777. The van der Waals surface area contributed by atoms with Crippen LogP contribution in [0.15, 0.2) is 41.1 Å². The van der Waals surface area contributed by atoms with Crippen molar-refractivity contribution in [3.63, 3.8) is 0 Å². The quantitative estimate of drug-likeness (QED) is 0.783. The van der Waals surface area contributed by atoms with Crippen LogP contribution in [0.25, 0.3) is 22.3 Å². The summed E-state index contributed by atoms with van der Waals surface area (Å²) in [6.07, 6.45) is 5.24. The van der Waals surface area contributed by atoms with Gasteiger partial charge in [-0.2, -0.15) is 4.98 Å². The second-order valence-electron chi connectivity index (χ2n) is 5.34. The van der Waals surface area contributed by atoms with Crippen LogP contribution in [0.4, 0.5) is 0 Å². The van der Waals surface area contributed by atoms with Gasteiger partial charge < -0.3 is 9.84 Å². The van der Waals surface area contributed by atoms with Gasteiger partial charge >= 0.3 is 0 Å². The lowest BCUT2D eigenvalue weighted by Crippen LogP contribution is -2.26. The molecule has 114 valence electrons. The topological polar surface area (TPSA) is 63.8 Å². The van der Waals surface area contributed by atoms with Gasteiger partial charge in [-0.25, -0.2) is 0 Å². The van der Waals surface area contributed by atoms with E-state index in [1.165, 1.54) is 12.8 Å². The molecular weight excluding hydrogens is 300 g/mol. The molecule has 1 saturated heterocycles. The molecule has 3 heterocycles. The summed E-state index contributed by atoms with van der Waals surface area (Å²) in [7, 11) is 0. The Balaban J connectivity index is 0.00000144. The monoisotopic (exact) mass is 316 g/mol. The number of halogens is 1. The average Bonchev–Trinajstić information content (AvgIpc) is 3.05. The van der Waals surface area contributed by atoms with Crippen LogP contribution in [-0.4, -0.2) is 21.7 Å². The smallest absolute Gasteiger partial charge is 0.244 e. The van der Waals surface area contributed by atoms with Crippen LogP contribution in [0.2, 0.25) is 0 Å². The van der Waals surface area contributed by atoms with E-state index in [4.69, 9.17) is 4.52 Å². The molecule has 0 saturated carbocycles. The molecule has 0 amide bonds. The molecule has 4 rings (SSSR count). The molecular formula is C16H17ClN4O. The molecule has 1 fully saturated rings. The zero-order valence-electron chi connectivity index (χ0n) is 12.0. The van der Waals surface area contributed by atoms with Gasteiger partial charge in [0.15, 0.2) is 0 Å². The number of piperidine rings is 1. The van der Waals surface area contributed by atoms with Gasteiger partial charge in [-0.15, -0.1) is 12.4 Å². The van der Waals surface area contributed by atoms with Gasteiger partial charge in [0.2, 0.25) is 11.7 Å². The minimum Gasteiger partial charge on any atom is -0.337 e. The molecule has 6 heteroatoms. The predicted molar refractivity (Wildman–Crippen MR) is 86.9 cm³/mol. The average molecular weight is 317 g/mol. The van der Waals surface area contributed by atoms with Gasteiger partial charge in [0.25, 0.3) is 0 Å². The van der Waals surface area contributed by atoms with Gasteiger partial charge in [0.1, 0.15) is 5.69 Å². The molecule has 0 unspecified atom stereocenters. The Hall–Kier alpha value is -1.98. The van der Waals surface area contributed by atoms with Crippen LogP contribution in [0.1, 0.15) is 31.2 Å². The van der Waals surface area contributed by atoms with Crippen molar-refractivity contribution in [1.29, 1.82) is 0 Å². The highest BCUT2D eigenvalue weighted by Crippen LogP contribution is 2.27. The van der Waals surface area contributed by atoms with Gasteiger partial charge in [0.05, 0.1) is 6.04 Å². The first-order chi connectivity index (χ1) is 10.4. The maximum absolute atomic E-state index is 5.44. The summed E-state index contributed by atoms with van der Waals surface area (Å²) in [6.45, 7) is 1.01. The number of rotatable bonds is 2. The Kier molecular flexibility index (Phi) is 4.36. The third-order valence-corrected chi connectivity index (χ3v) is 3.94. The normalized spacial score (nSPS) is 18.1. The Labute approximate surface area is 134 Å². The zero-order chi connectivity index (χ0) is 14.1. The molecule has 0 radical (unpaired) electrons. The minimum absolute atomic E-state index is 0. The number of hydrogen-bond acceptors (Lipinski definition) is 5. The first-order valence-corrected chi connectivity index (χ1v) is 7.33. The van der Waals surface area contributed by atoms with E-state index in [1.54, 1.807) is 6.20 Å². The van der Waals surface area contributed by atoms with Crippen molar-refractivity contribution in [3.8, 4) is 11.5 Å². The fourth-order valence-corrected chi connectivity index (χ4v) is 2.83. The van der Waals surface area contributed by atoms with Crippen LogP contribution in [0.3, 0.4) is 0 Å². The first kappa shape index (κ1) is 14.9. The first-order valence-electron chi connectivity index (χ1n) is 7.33. The maximum atomic E-state index is 5.44. The van der Waals surface area contributed by atoms with E-state index < -0.39 is 0 Å². The van der Waals surface area contributed by atoms with Gasteiger partial charge in [-0.3, -0.25) is 4.98 Å². The third-order valence-electron chi connectivity index (χ3n) is 3.94. The van der Waals surface area contributed by atoms with Crippen LogP contribution in [0, 0.1) is 0 Å². The molecule has 5 nitrogen and oxygen atoms in total. The van der Waals surface area contributed by atoms with Gasteiger partial charge in [-0.05, 0) is 30.8 Å². The number of benzene rings is 1. The van der Waals surface area contributed by atoms with E-state index in [-0.39, 0.29) is 18.4 Å². The Morgan fingerprint density at radius 1 is 1.14 bits per heavy atom. The summed E-state index contributed by atoms with van der Waals surface area (Å²) < 4.78 is 5.44. The third kappa shape index (κ3) is 2.69. The number of nitrogens with one attached hydrogen (secondary N) is 1. The zero-order valence-corrected chi connectivity index (χ0v) is 12.8. The Bertz CT molecular complexity index is 762. The van der Waals surface area contributed by atoms with Crippen LogP contribution in [-0.2, 0) is 0 Å². The van der Waals surface area contributed by atoms with Crippen molar-refractivity contribution in [3.05, 3.63) is 42.4 Å². The number of hydrogen-bond donors (Lipinski definition) is 1. The van der Waals surface area contributed by atoms with Crippen molar-refractivity contribution in [2.24, 2.45) is 0 Å². The van der Waals surface area contributed by atoms with E-state index in [0.717, 1.165) is 29.4 Å². The number of fused-ring (bicyclic) bond motifs is 1. The van der Waals surface area contributed by atoms with E-state index in [2.05, 4.69) is 26.5 Å². The molecule has 1 N–H and O–H groups in total. The number of nitrogens with zero attached hydrogens (tertiary/aromatic N) is 3. The predicted octanol–water partition coefficient (Wildman–Crippen LogP) is 3.52. The van der Waals surface area contributed by atoms with Crippen LogP contribution >= 0.6 is 12.4 Å². The van der Waals surface area contributed by atoms with Crippen LogP contribution < -0.4 is 5.32 Å². The van der Waals surface area contributed by atoms with E-state index in [0.29, 0.717) is 11.7 Å². The fourth-order valence-electron chi connectivity index (χ4n) is 2.83. The summed E-state index contributed by atoms with van der Waals surface area (Å²) >= 11 is 0. The largest absolute Gasteiger partial charge is 0.337 e. The van der Waals surface area contributed by atoms with E-state index in [9.17, 15) is 0 Å². The Morgan fingerprint density at radius 2 is 2.05 bits per heavy atom. The highest BCUT2D eigenvalue weighted by Gasteiger charge is 2.22. The molecule has 2 aromatic heterocycles. The van der Waals surface area contributed by atoms with Crippen LogP contribution in [0.5, 0.6) is 0 Å². The molecule has 22 heavy (non-hydrogen) atoms. The molecule has 0 bridgehead atoms. The highest BCUT2D eigenvalue weighted by atomic mass is 35.5. The molecule has 1 aromatic carbocycles. The maximum Gasteiger partial charge on any atom is 0.244 e. The van der Waals surface area contributed by atoms with Crippen molar-refractivity contribution in [2.45, 2.75) is 25.3 Å². The second-order valence-corrected chi connectivity index (χ2v) is 5.34. The van der Waals surface area contributed by atoms with Gasteiger partial charge in [-0.1, -0.05) is 35.8 Å². The number of aromatic nitrogens is 3. The molecule has 1 atom stereocenters. The van der Waals surface area contributed by atoms with Crippen molar-refractivity contribution < 1.29 is 4.52 Å². The molecule has 1 aliphatic rings. The molecule has 0 aliphatic carbocycles. The standard InChI is InChI=1S/C16H16N4O.ClH/c1-2-6-12-11(5-1)8-10-18-14(12)15-19-16(21-20-15)13-7-3-4-9-17-13;/h1-2,5-6,8,10,13,17H,3-4,7,9H2;1H/t13-;/m0./s1. The Morgan fingerprint density at radius 3 is 2.91 bits per heavy atom. The highest BCUT2D eigenvalue weighted by molar-refractivity contribution is 5.92. The summed E-state index contributed by atoms with van der Waals surface area (Å²) in [6, 6.07) is 10.3. The van der Waals surface area contributed by atoms with Crippen molar-refractivity contribution in [2.75, 3.05) is 6.54 Å². The van der Waals surface area contributed by atoms with E-state index >= 15 is 0 Å². The second kappa shape index (κ2) is 6.42. The summed E-state index contributed by atoms with van der Waals surface area (Å²) in [5.74, 6) is 1.23. The lowest BCUT2D eigenvalue weighted by molar-refractivity contribution is 0.297. The lowest BCUT2D eigenvalue weighted by atomic mass is 10.1. The summed E-state index contributed by atoms with van der Waals surface area (Å²) in [5, 5.41) is 9.72. The number of pyridine rings is 1.